The van der Waals surface area contributed by atoms with Crippen LogP contribution in [0.4, 0.5) is 0 Å². The summed E-state index contributed by atoms with van der Waals surface area (Å²) in [6.07, 6.45) is 5.70. The highest BCUT2D eigenvalue weighted by atomic mass is 32.1. The molecule has 3 heterocycles. The highest BCUT2D eigenvalue weighted by Crippen LogP contribution is 2.25. The highest BCUT2D eigenvalue weighted by Gasteiger charge is 2.27. The number of nitrogens with zero attached hydrogens (tertiary/aromatic N) is 2. The van der Waals surface area contributed by atoms with Gasteiger partial charge in [0.2, 0.25) is 5.91 Å². The van der Waals surface area contributed by atoms with Gasteiger partial charge in [0, 0.05) is 30.1 Å². The Labute approximate surface area is 121 Å². The van der Waals surface area contributed by atoms with E-state index in [1.54, 1.807) is 12.5 Å². The number of aromatic nitrogens is 1. The fraction of sp³-hybridized carbons (Fsp3) is 0.429. The Kier molecular flexibility index (Phi) is 3.84. The zero-order chi connectivity index (χ0) is 13.9. The van der Waals surface area contributed by atoms with Crippen LogP contribution in [0.25, 0.3) is 10.6 Å². The van der Waals surface area contributed by atoms with Gasteiger partial charge in [0.25, 0.3) is 0 Å². The van der Waals surface area contributed by atoms with Crippen molar-refractivity contribution in [3.8, 4) is 10.6 Å². The number of hydrogen-bond donors (Lipinski definition) is 1. The molecule has 1 amide bonds. The number of hydrogen-bond acceptors (Lipinski definition) is 5. The average molecular weight is 291 g/mol. The van der Waals surface area contributed by atoms with E-state index in [1.807, 2.05) is 16.3 Å². The van der Waals surface area contributed by atoms with Gasteiger partial charge in [-0.2, -0.15) is 0 Å². The number of carbonyl (C=O) groups excluding carboxylic acids is 1. The standard InChI is InChI=1S/C14H17N3O2S/c15-7-12-2-1-4-17(12)13(18)6-11-9-20-14(16-11)10-3-5-19-8-10/h3,5,8-9,12H,1-2,4,6-7,15H2. The zero-order valence-corrected chi connectivity index (χ0v) is 11.9. The van der Waals surface area contributed by atoms with Crippen molar-refractivity contribution in [3.05, 3.63) is 29.7 Å². The van der Waals surface area contributed by atoms with E-state index in [0.29, 0.717) is 13.0 Å². The van der Waals surface area contributed by atoms with Crippen LogP contribution in [0.15, 0.2) is 28.4 Å². The molecular formula is C14H17N3O2S. The van der Waals surface area contributed by atoms with Crippen LogP contribution in [-0.4, -0.2) is 34.9 Å². The molecule has 1 atom stereocenters. The van der Waals surface area contributed by atoms with Crippen LogP contribution in [-0.2, 0) is 11.2 Å². The molecule has 0 aliphatic carbocycles. The van der Waals surface area contributed by atoms with Crippen LogP contribution >= 0.6 is 11.3 Å². The minimum atomic E-state index is 0.127. The summed E-state index contributed by atoms with van der Waals surface area (Å²) in [7, 11) is 0. The van der Waals surface area contributed by atoms with E-state index in [4.69, 9.17) is 10.2 Å². The molecule has 0 spiro atoms. The first-order chi connectivity index (χ1) is 9.78. The maximum absolute atomic E-state index is 12.3. The predicted octanol–water partition coefficient (Wildman–Crippen LogP) is 1.90. The molecule has 2 N–H and O–H groups in total. The van der Waals surface area contributed by atoms with Gasteiger partial charge in [-0.3, -0.25) is 4.79 Å². The van der Waals surface area contributed by atoms with E-state index in [0.717, 1.165) is 35.7 Å². The molecule has 2 aromatic heterocycles. The lowest BCUT2D eigenvalue weighted by Crippen LogP contribution is -2.40. The van der Waals surface area contributed by atoms with Crippen LogP contribution in [0, 0.1) is 0 Å². The number of thiazole rings is 1. The lowest BCUT2D eigenvalue weighted by molar-refractivity contribution is -0.131. The molecule has 0 saturated carbocycles. The van der Waals surface area contributed by atoms with Crippen molar-refractivity contribution >= 4 is 17.2 Å². The summed E-state index contributed by atoms with van der Waals surface area (Å²) in [5.41, 5.74) is 7.48. The van der Waals surface area contributed by atoms with Crippen molar-refractivity contribution < 1.29 is 9.21 Å². The summed E-state index contributed by atoms with van der Waals surface area (Å²) in [6, 6.07) is 2.07. The lowest BCUT2D eigenvalue weighted by atomic mass is 10.2. The van der Waals surface area contributed by atoms with E-state index in [2.05, 4.69) is 4.98 Å². The van der Waals surface area contributed by atoms with Crippen molar-refractivity contribution in [2.24, 2.45) is 5.73 Å². The predicted molar refractivity (Wildman–Crippen MR) is 77.3 cm³/mol. The van der Waals surface area contributed by atoms with Crippen LogP contribution in [0.5, 0.6) is 0 Å². The average Bonchev–Trinajstić information content (AvgIpc) is 3.19. The Hall–Kier alpha value is -1.66. The number of rotatable bonds is 4. The van der Waals surface area contributed by atoms with Gasteiger partial charge in [0.1, 0.15) is 11.3 Å². The van der Waals surface area contributed by atoms with Crippen LogP contribution in [0.2, 0.25) is 0 Å². The molecule has 0 radical (unpaired) electrons. The molecule has 106 valence electrons. The fourth-order valence-electron chi connectivity index (χ4n) is 2.57. The Morgan fingerprint density at radius 1 is 1.60 bits per heavy atom. The monoisotopic (exact) mass is 291 g/mol. The third kappa shape index (κ3) is 2.62. The lowest BCUT2D eigenvalue weighted by Gasteiger charge is -2.23. The van der Waals surface area contributed by atoms with Gasteiger partial charge in [0.15, 0.2) is 0 Å². The third-order valence-corrected chi connectivity index (χ3v) is 4.56. The molecule has 1 fully saturated rings. The van der Waals surface area contributed by atoms with Gasteiger partial charge < -0.3 is 15.1 Å². The van der Waals surface area contributed by atoms with E-state index in [-0.39, 0.29) is 11.9 Å². The second kappa shape index (κ2) is 5.76. The molecular weight excluding hydrogens is 274 g/mol. The van der Waals surface area contributed by atoms with Crippen molar-refractivity contribution in [2.45, 2.75) is 25.3 Å². The zero-order valence-electron chi connectivity index (χ0n) is 11.1. The summed E-state index contributed by atoms with van der Waals surface area (Å²) in [5, 5.41) is 2.83. The molecule has 1 saturated heterocycles. The van der Waals surface area contributed by atoms with Gasteiger partial charge in [0.05, 0.1) is 18.4 Å². The summed E-state index contributed by atoms with van der Waals surface area (Å²) in [4.78, 5) is 18.7. The number of nitrogens with two attached hydrogens (primary N) is 1. The largest absolute Gasteiger partial charge is 0.472 e. The van der Waals surface area contributed by atoms with Crippen molar-refractivity contribution in [1.29, 1.82) is 0 Å². The second-order valence-corrected chi connectivity index (χ2v) is 5.81. The maximum atomic E-state index is 12.3. The molecule has 1 aliphatic rings. The minimum Gasteiger partial charge on any atom is -0.472 e. The Morgan fingerprint density at radius 3 is 3.25 bits per heavy atom. The smallest absolute Gasteiger partial charge is 0.228 e. The van der Waals surface area contributed by atoms with Crippen molar-refractivity contribution in [1.82, 2.24) is 9.88 Å². The van der Waals surface area contributed by atoms with Crippen LogP contribution in [0.1, 0.15) is 18.5 Å². The molecule has 1 aliphatic heterocycles. The number of furan rings is 1. The first kappa shape index (κ1) is 13.3. The summed E-state index contributed by atoms with van der Waals surface area (Å²) in [6.45, 7) is 1.36. The topological polar surface area (TPSA) is 72.4 Å². The Morgan fingerprint density at radius 2 is 2.50 bits per heavy atom. The molecule has 1 unspecified atom stereocenters. The Bertz CT molecular complexity index is 579. The van der Waals surface area contributed by atoms with Crippen molar-refractivity contribution in [3.63, 3.8) is 0 Å². The fourth-order valence-corrected chi connectivity index (χ4v) is 3.38. The van der Waals surface area contributed by atoms with Gasteiger partial charge in [-0.15, -0.1) is 11.3 Å². The maximum Gasteiger partial charge on any atom is 0.228 e. The first-order valence-corrected chi connectivity index (χ1v) is 7.62. The summed E-state index contributed by atoms with van der Waals surface area (Å²) in [5.74, 6) is 0.127. The second-order valence-electron chi connectivity index (χ2n) is 4.95. The SMILES string of the molecule is NCC1CCCN1C(=O)Cc1csc(-c2ccoc2)n1. The first-order valence-electron chi connectivity index (χ1n) is 6.74. The molecule has 6 heteroatoms. The van der Waals surface area contributed by atoms with Crippen molar-refractivity contribution in [2.75, 3.05) is 13.1 Å². The molecule has 5 nitrogen and oxygen atoms in total. The van der Waals surface area contributed by atoms with E-state index < -0.39 is 0 Å². The molecule has 2 aromatic rings. The highest BCUT2D eigenvalue weighted by molar-refractivity contribution is 7.13. The Balaban J connectivity index is 1.67. The van der Waals surface area contributed by atoms with Gasteiger partial charge in [-0.1, -0.05) is 0 Å². The molecule has 3 rings (SSSR count). The molecule has 0 bridgehead atoms. The van der Waals surface area contributed by atoms with E-state index >= 15 is 0 Å². The number of amides is 1. The van der Waals surface area contributed by atoms with Gasteiger partial charge in [-0.05, 0) is 18.9 Å². The van der Waals surface area contributed by atoms with E-state index in [1.165, 1.54) is 11.3 Å². The van der Waals surface area contributed by atoms with Gasteiger partial charge >= 0.3 is 0 Å². The summed E-state index contributed by atoms with van der Waals surface area (Å²) < 4.78 is 5.05. The molecule has 20 heavy (non-hydrogen) atoms. The summed E-state index contributed by atoms with van der Waals surface area (Å²) >= 11 is 1.53. The third-order valence-electron chi connectivity index (χ3n) is 3.62. The number of likely N-dealkylation sites (tertiary alicyclic amines) is 1. The quantitative estimate of drug-likeness (QED) is 0.933. The normalized spacial score (nSPS) is 18.6. The number of carbonyl (C=O) groups is 1. The van der Waals surface area contributed by atoms with Crippen LogP contribution in [0.3, 0.4) is 0 Å². The molecule has 0 aromatic carbocycles. The van der Waals surface area contributed by atoms with E-state index in [9.17, 15) is 4.79 Å². The van der Waals surface area contributed by atoms with Gasteiger partial charge in [-0.25, -0.2) is 4.98 Å². The minimum absolute atomic E-state index is 0.127. The van der Waals surface area contributed by atoms with Crippen LogP contribution < -0.4 is 5.73 Å².